The summed E-state index contributed by atoms with van der Waals surface area (Å²) in [4.78, 5) is 7.54. The van der Waals surface area contributed by atoms with E-state index in [0.717, 1.165) is 12.1 Å². The first-order valence-corrected chi connectivity index (χ1v) is 4.35. The highest BCUT2D eigenvalue weighted by atomic mass is 19.2. The van der Waals surface area contributed by atoms with Crippen LogP contribution in [0.1, 0.15) is 0 Å². The standard InChI is InChI=1S/C10H7F2N3O/c11-7-2-1-6(3-8(7)12)16-10-5-14-9(13)4-15-10/h1-5H,(H2,13,14). The zero-order valence-electron chi connectivity index (χ0n) is 8.02. The number of ether oxygens (including phenoxy) is 1. The number of hydrogen-bond acceptors (Lipinski definition) is 4. The molecule has 0 amide bonds. The summed E-state index contributed by atoms with van der Waals surface area (Å²) in [6.07, 6.45) is 2.59. The molecule has 0 aliphatic heterocycles. The Morgan fingerprint density at radius 3 is 2.50 bits per heavy atom. The summed E-state index contributed by atoms with van der Waals surface area (Å²) >= 11 is 0. The zero-order valence-corrected chi connectivity index (χ0v) is 8.02. The fraction of sp³-hybridized carbons (Fsp3) is 0. The van der Waals surface area contributed by atoms with Crippen LogP contribution in [0.25, 0.3) is 0 Å². The Labute approximate surface area is 89.7 Å². The van der Waals surface area contributed by atoms with Gasteiger partial charge in [0.25, 0.3) is 0 Å². The molecule has 1 aromatic carbocycles. The summed E-state index contributed by atoms with van der Waals surface area (Å²) in [6.45, 7) is 0. The van der Waals surface area contributed by atoms with Crippen LogP contribution in [0.5, 0.6) is 11.6 Å². The van der Waals surface area contributed by atoms with Crippen molar-refractivity contribution in [2.45, 2.75) is 0 Å². The van der Waals surface area contributed by atoms with Crippen LogP contribution in [0.4, 0.5) is 14.6 Å². The second-order valence-electron chi connectivity index (χ2n) is 2.96. The highest BCUT2D eigenvalue weighted by Crippen LogP contribution is 2.20. The van der Waals surface area contributed by atoms with E-state index >= 15 is 0 Å². The van der Waals surface area contributed by atoms with Gasteiger partial charge in [0.15, 0.2) is 11.6 Å². The Kier molecular flexibility index (Phi) is 2.63. The first kappa shape index (κ1) is 10.3. The minimum absolute atomic E-state index is 0.137. The van der Waals surface area contributed by atoms with Crippen molar-refractivity contribution in [1.82, 2.24) is 9.97 Å². The molecule has 2 aromatic rings. The van der Waals surface area contributed by atoms with Crippen molar-refractivity contribution in [1.29, 1.82) is 0 Å². The lowest BCUT2D eigenvalue weighted by Gasteiger charge is -2.04. The summed E-state index contributed by atoms with van der Waals surface area (Å²) in [7, 11) is 0. The second-order valence-corrected chi connectivity index (χ2v) is 2.96. The molecule has 4 nitrogen and oxygen atoms in total. The predicted molar refractivity (Wildman–Crippen MR) is 52.9 cm³/mol. The summed E-state index contributed by atoms with van der Waals surface area (Å²) in [5.74, 6) is -1.38. The minimum Gasteiger partial charge on any atom is -0.437 e. The van der Waals surface area contributed by atoms with Gasteiger partial charge >= 0.3 is 0 Å². The van der Waals surface area contributed by atoms with Gasteiger partial charge in [-0.2, -0.15) is 0 Å². The fourth-order valence-corrected chi connectivity index (χ4v) is 1.04. The molecule has 0 radical (unpaired) electrons. The number of anilines is 1. The third kappa shape index (κ3) is 2.22. The number of halogens is 2. The van der Waals surface area contributed by atoms with Crippen molar-refractivity contribution >= 4 is 5.82 Å². The molecule has 6 heteroatoms. The Hall–Kier alpha value is -2.24. The summed E-state index contributed by atoms with van der Waals surface area (Å²) in [5.41, 5.74) is 5.33. The molecule has 0 bridgehead atoms. The van der Waals surface area contributed by atoms with E-state index in [9.17, 15) is 8.78 Å². The van der Waals surface area contributed by atoms with Crippen LogP contribution >= 0.6 is 0 Å². The Morgan fingerprint density at radius 2 is 1.88 bits per heavy atom. The maximum absolute atomic E-state index is 12.8. The lowest BCUT2D eigenvalue weighted by molar-refractivity contribution is 0.446. The van der Waals surface area contributed by atoms with Crippen LogP contribution in [0, 0.1) is 11.6 Å². The van der Waals surface area contributed by atoms with Gasteiger partial charge in [-0.15, -0.1) is 0 Å². The Balaban J connectivity index is 2.20. The third-order valence-corrected chi connectivity index (χ3v) is 1.76. The number of nitrogens with two attached hydrogens (primary N) is 1. The fourth-order valence-electron chi connectivity index (χ4n) is 1.04. The van der Waals surface area contributed by atoms with Gasteiger partial charge in [0.2, 0.25) is 5.88 Å². The molecule has 1 aromatic heterocycles. The lowest BCUT2D eigenvalue weighted by Crippen LogP contribution is -1.94. The monoisotopic (exact) mass is 223 g/mol. The predicted octanol–water partition coefficient (Wildman–Crippen LogP) is 2.13. The lowest BCUT2D eigenvalue weighted by atomic mass is 10.3. The summed E-state index contributed by atoms with van der Waals surface area (Å²) < 4.78 is 30.6. The first-order chi connectivity index (χ1) is 7.65. The maximum atomic E-state index is 12.8. The molecule has 0 saturated carbocycles. The number of nitrogens with zero attached hydrogens (tertiary/aromatic N) is 2. The van der Waals surface area contributed by atoms with Crippen LogP contribution in [-0.4, -0.2) is 9.97 Å². The van der Waals surface area contributed by atoms with E-state index in [2.05, 4.69) is 9.97 Å². The van der Waals surface area contributed by atoms with Gasteiger partial charge in [-0.3, -0.25) is 0 Å². The van der Waals surface area contributed by atoms with Crippen molar-refractivity contribution in [2.24, 2.45) is 0 Å². The molecule has 2 rings (SSSR count). The zero-order chi connectivity index (χ0) is 11.5. The highest BCUT2D eigenvalue weighted by Gasteiger charge is 2.04. The molecule has 0 saturated heterocycles. The average molecular weight is 223 g/mol. The van der Waals surface area contributed by atoms with Crippen LogP contribution in [0.15, 0.2) is 30.6 Å². The van der Waals surface area contributed by atoms with Gasteiger partial charge in [0.1, 0.15) is 11.6 Å². The normalized spacial score (nSPS) is 10.1. The van der Waals surface area contributed by atoms with Crippen LogP contribution < -0.4 is 10.5 Å². The van der Waals surface area contributed by atoms with Gasteiger partial charge in [-0.1, -0.05) is 0 Å². The largest absolute Gasteiger partial charge is 0.437 e. The summed E-state index contributed by atoms with van der Waals surface area (Å²) in [6, 6.07) is 3.18. The van der Waals surface area contributed by atoms with E-state index in [4.69, 9.17) is 10.5 Å². The van der Waals surface area contributed by atoms with E-state index in [1.165, 1.54) is 18.5 Å². The smallest absolute Gasteiger partial charge is 0.237 e. The molecule has 0 unspecified atom stereocenters. The van der Waals surface area contributed by atoms with Gasteiger partial charge in [0.05, 0.1) is 12.4 Å². The van der Waals surface area contributed by atoms with Crippen LogP contribution in [0.2, 0.25) is 0 Å². The maximum Gasteiger partial charge on any atom is 0.237 e. The number of nitrogen functional groups attached to an aromatic ring is 1. The SMILES string of the molecule is Nc1cnc(Oc2ccc(F)c(F)c2)cn1. The molecule has 0 aliphatic carbocycles. The Morgan fingerprint density at radius 1 is 1.06 bits per heavy atom. The van der Waals surface area contributed by atoms with Gasteiger partial charge in [-0.25, -0.2) is 18.7 Å². The molecule has 0 atom stereocenters. The van der Waals surface area contributed by atoms with Crippen molar-refractivity contribution in [3.8, 4) is 11.6 Å². The van der Waals surface area contributed by atoms with Crippen LogP contribution in [0.3, 0.4) is 0 Å². The molecule has 0 aliphatic rings. The topological polar surface area (TPSA) is 61.0 Å². The molecule has 0 fully saturated rings. The quantitative estimate of drug-likeness (QED) is 0.847. The molecule has 1 heterocycles. The average Bonchev–Trinajstić information content (AvgIpc) is 2.27. The number of benzene rings is 1. The minimum atomic E-state index is -0.985. The number of hydrogen-bond donors (Lipinski definition) is 1. The van der Waals surface area contributed by atoms with Gasteiger partial charge < -0.3 is 10.5 Å². The molecular weight excluding hydrogens is 216 g/mol. The van der Waals surface area contributed by atoms with Crippen molar-refractivity contribution < 1.29 is 13.5 Å². The number of rotatable bonds is 2. The van der Waals surface area contributed by atoms with Crippen molar-refractivity contribution in [2.75, 3.05) is 5.73 Å². The molecule has 2 N–H and O–H groups in total. The van der Waals surface area contributed by atoms with Gasteiger partial charge in [0, 0.05) is 6.07 Å². The van der Waals surface area contributed by atoms with E-state index in [1.54, 1.807) is 0 Å². The summed E-state index contributed by atoms with van der Waals surface area (Å²) in [5, 5.41) is 0. The van der Waals surface area contributed by atoms with E-state index < -0.39 is 11.6 Å². The van der Waals surface area contributed by atoms with Crippen molar-refractivity contribution in [3.63, 3.8) is 0 Å². The molecule has 16 heavy (non-hydrogen) atoms. The number of aromatic nitrogens is 2. The van der Waals surface area contributed by atoms with Crippen molar-refractivity contribution in [3.05, 3.63) is 42.2 Å². The van der Waals surface area contributed by atoms with Crippen LogP contribution in [-0.2, 0) is 0 Å². The van der Waals surface area contributed by atoms with E-state index in [-0.39, 0.29) is 17.4 Å². The first-order valence-electron chi connectivity index (χ1n) is 4.35. The Bertz CT molecular complexity index is 502. The van der Waals surface area contributed by atoms with E-state index in [1.807, 2.05) is 0 Å². The third-order valence-electron chi connectivity index (χ3n) is 1.76. The molecule has 82 valence electrons. The van der Waals surface area contributed by atoms with E-state index in [0.29, 0.717) is 0 Å². The molecular formula is C10H7F2N3O. The highest BCUT2D eigenvalue weighted by molar-refractivity contribution is 5.29. The second kappa shape index (κ2) is 4.09. The molecule has 0 spiro atoms. The van der Waals surface area contributed by atoms with Gasteiger partial charge in [-0.05, 0) is 12.1 Å².